The highest BCUT2D eigenvalue weighted by molar-refractivity contribution is 5.97. The molecule has 1 aromatic rings. The third-order valence-corrected chi connectivity index (χ3v) is 3.78. The number of hydrogen-bond donors (Lipinski definition) is 1. The van der Waals surface area contributed by atoms with Crippen LogP contribution in [0.3, 0.4) is 0 Å². The van der Waals surface area contributed by atoms with Crippen LogP contribution in [0, 0.1) is 5.92 Å². The zero-order valence-electron chi connectivity index (χ0n) is 10.4. The van der Waals surface area contributed by atoms with Crippen molar-refractivity contribution in [3.8, 4) is 0 Å². The van der Waals surface area contributed by atoms with Gasteiger partial charge in [-0.25, -0.2) is 0 Å². The Morgan fingerprint density at radius 3 is 3.11 bits per heavy atom. The number of carbonyl (C=O) groups excluding carboxylic acids is 1. The van der Waals surface area contributed by atoms with Crippen molar-refractivity contribution in [2.24, 2.45) is 5.92 Å². The van der Waals surface area contributed by atoms with Crippen LogP contribution in [0.15, 0.2) is 18.2 Å². The molecule has 1 amide bonds. The Morgan fingerprint density at radius 1 is 1.44 bits per heavy atom. The zero-order chi connectivity index (χ0) is 12.5. The molecule has 1 fully saturated rings. The van der Waals surface area contributed by atoms with Crippen molar-refractivity contribution in [1.29, 1.82) is 0 Å². The highest BCUT2D eigenvalue weighted by atomic mass is 16.5. The number of amides is 1. The number of hydrogen-bond acceptors (Lipinski definition) is 3. The molecule has 4 heteroatoms. The molecule has 1 atom stereocenters. The summed E-state index contributed by atoms with van der Waals surface area (Å²) in [5.41, 5.74) is 8.73. The minimum absolute atomic E-state index is 0.0196. The van der Waals surface area contributed by atoms with Crippen LogP contribution in [0.1, 0.15) is 18.4 Å². The number of nitrogen functional groups attached to an aromatic ring is 1. The summed E-state index contributed by atoms with van der Waals surface area (Å²) >= 11 is 0. The summed E-state index contributed by atoms with van der Waals surface area (Å²) in [7, 11) is 0. The molecular weight excluding hydrogens is 228 g/mol. The summed E-state index contributed by atoms with van der Waals surface area (Å²) < 4.78 is 5.40. The fourth-order valence-corrected chi connectivity index (χ4v) is 2.78. The third-order valence-electron chi connectivity index (χ3n) is 3.78. The largest absolute Gasteiger partial charge is 0.399 e. The molecule has 2 N–H and O–H groups in total. The highest BCUT2D eigenvalue weighted by Crippen LogP contribution is 2.32. The Hall–Kier alpha value is -1.55. The molecule has 1 aromatic carbocycles. The summed E-state index contributed by atoms with van der Waals surface area (Å²) in [5.74, 6) is 0.213. The van der Waals surface area contributed by atoms with Crippen molar-refractivity contribution in [1.82, 2.24) is 0 Å². The second-order valence-electron chi connectivity index (χ2n) is 5.04. The van der Waals surface area contributed by atoms with Gasteiger partial charge in [0.25, 0.3) is 0 Å². The Bertz CT molecular complexity index is 467. The molecule has 1 unspecified atom stereocenters. The number of ether oxygens (including phenoxy) is 1. The lowest BCUT2D eigenvalue weighted by molar-refractivity contribution is -0.126. The molecule has 0 aliphatic carbocycles. The molecule has 0 aromatic heterocycles. The molecular formula is C14H18N2O2. The summed E-state index contributed by atoms with van der Waals surface area (Å²) in [5, 5.41) is 0. The normalized spacial score (nSPS) is 22.9. The minimum atomic E-state index is 0.0196. The second-order valence-corrected chi connectivity index (χ2v) is 5.04. The number of fused-ring (bicyclic) bond motifs is 1. The van der Waals surface area contributed by atoms with Crippen molar-refractivity contribution in [2.45, 2.75) is 19.3 Å². The number of benzene rings is 1. The van der Waals surface area contributed by atoms with Crippen molar-refractivity contribution < 1.29 is 9.53 Å². The van der Waals surface area contributed by atoms with Crippen molar-refractivity contribution >= 4 is 17.3 Å². The molecule has 2 aliphatic heterocycles. The maximum Gasteiger partial charge on any atom is 0.232 e. The van der Waals surface area contributed by atoms with Gasteiger partial charge in [0, 0.05) is 24.5 Å². The molecule has 18 heavy (non-hydrogen) atoms. The van der Waals surface area contributed by atoms with E-state index in [9.17, 15) is 4.79 Å². The summed E-state index contributed by atoms with van der Waals surface area (Å²) in [6.45, 7) is 2.12. The van der Waals surface area contributed by atoms with Gasteiger partial charge < -0.3 is 15.4 Å². The first-order valence-electron chi connectivity index (χ1n) is 6.53. The summed E-state index contributed by atoms with van der Waals surface area (Å²) in [4.78, 5) is 14.4. The summed E-state index contributed by atoms with van der Waals surface area (Å²) in [6.07, 6.45) is 2.84. The SMILES string of the molecule is Nc1ccc2c(c1)N(C(=O)C1CCCOC1)CC2. The molecule has 4 nitrogen and oxygen atoms in total. The van der Waals surface area contributed by atoms with Gasteiger partial charge in [0.2, 0.25) is 5.91 Å². The molecule has 2 aliphatic rings. The van der Waals surface area contributed by atoms with Gasteiger partial charge in [0.15, 0.2) is 0 Å². The van der Waals surface area contributed by atoms with Crippen molar-refractivity contribution in [3.63, 3.8) is 0 Å². The number of anilines is 2. The first-order chi connectivity index (χ1) is 8.75. The number of rotatable bonds is 1. The molecule has 0 spiro atoms. The standard InChI is InChI=1S/C14H18N2O2/c15-12-4-3-10-5-6-16(13(10)8-12)14(17)11-2-1-7-18-9-11/h3-4,8,11H,1-2,5-7,9,15H2. The average Bonchev–Trinajstić information content (AvgIpc) is 2.82. The van der Waals surface area contributed by atoms with Gasteiger partial charge >= 0.3 is 0 Å². The van der Waals surface area contributed by atoms with Gasteiger partial charge in [0.1, 0.15) is 0 Å². The lowest BCUT2D eigenvalue weighted by Gasteiger charge is -2.26. The van der Waals surface area contributed by atoms with Crippen LogP contribution in [0.2, 0.25) is 0 Å². The molecule has 96 valence electrons. The lowest BCUT2D eigenvalue weighted by Crippen LogP contribution is -2.38. The molecule has 0 radical (unpaired) electrons. The molecule has 0 saturated carbocycles. The number of nitrogens with two attached hydrogens (primary N) is 1. The molecule has 1 saturated heterocycles. The van der Waals surface area contributed by atoms with E-state index < -0.39 is 0 Å². The highest BCUT2D eigenvalue weighted by Gasteiger charge is 2.31. The van der Waals surface area contributed by atoms with Gasteiger partial charge in [-0.3, -0.25) is 4.79 Å². The fraction of sp³-hybridized carbons (Fsp3) is 0.500. The van der Waals surface area contributed by atoms with Crippen LogP contribution in [0.5, 0.6) is 0 Å². The molecule has 0 bridgehead atoms. The second kappa shape index (κ2) is 4.61. The monoisotopic (exact) mass is 246 g/mol. The molecule has 3 rings (SSSR count). The van der Waals surface area contributed by atoms with Gasteiger partial charge in [-0.1, -0.05) is 6.07 Å². The average molecular weight is 246 g/mol. The first kappa shape index (κ1) is 11.5. The Morgan fingerprint density at radius 2 is 2.33 bits per heavy atom. The van der Waals surface area contributed by atoms with Gasteiger partial charge in [-0.05, 0) is 37.0 Å². The van der Waals surface area contributed by atoms with Gasteiger partial charge in [-0.15, -0.1) is 0 Å². The van der Waals surface area contributed by atoms with Crippen LogP contribution in [-0.2, 0) is 16.0 Å². The predicted octanol–water partition coefficient (Wildman–Crippen LogP) is 1.58. The van der Waals surface area contributed by atoms with Crippen LogP contribution in [0.4, 0.5) is 11.4 Å². The zero-order valence-corrected chi connectivity index (χ0v) is 10.4. The van der Waals surface area contributed by atoms with E-state index in [1.54, 1.807) is 0 Å². The quantitative estimate of drug-likeness (QED) is 0.765. The smallest absolute Gasteiger partial charge is 0.232 e. The molecule has 2 heterocycles. The number of nitrogens with zero attached hydrogens (tertiary/aromatic N) is 1. The first-order valence-corrected chi connectivity index (χ1v) is 6.53. The third kappa shape index (κ3) is 1.97. The van der Waals surface area contributed by atoms with E-state index in [-0.39, 0.29) is 11.8 Å². The minimum Gasteiger partial charge on any atom is -0.399 e. The van der Waals surface area contributed by atoms with Gasteiger partial charge in [0.05, 0.1) is 12.5 Å². The lowest BCUT2D eigenvalue weighted by atomic mass is 10.0. The maximum absolute atomic E-state index is 12.5. The van der Waals surface area contributed by atoms with Crippen LogP contribution < -0.4 is 10.6 Å². The Labute approximate surface area is 107 Å². The van der Waals surface area contributed by atoms with E-state index in [0.29, 0.717) is 12.3 Å². The van der Waals surface area contributed by atoms with E-state index in [2.05, 4.69) is 0 Å². The van der Waals surface area contributed by atoms with E-state index in [1.165, 1.54) is 5.56 Å². The van der Waals surface area contributed by atoms with E-state index in [4.69, 9.17) is 10.5 Å². The van der Waals surface area contributed by atoms with Crippen molar-refractivity contribution in [3.05, 3.63) is 23.8 Å². The van der Waals surface area contributed by atoms with Crippen molar-refractivity contribution in [2.75, 3.05) is 30.4 Å². The topological polar surface area (TPSA) is 55.6 Å². The van der Waals surface area contributed by atoms with E-state index in [1.807, 2.05) is 23.1 Å². The van der Waals surface area contributed by atoms with Crippen LogP contribution >= 0.6 is 0 Å². The van der Waals surface area contributed by atoms with E-state index in [0.717, 1.165) is 38.1 Å². The Kier molecular flexibility index (Phi) is 2.96. The van der Waals surface area contributed by atoms with Crippen LogP contribution in [-0.4, -0.2) is 25.7 Å². The predicted molar refractivity (Wildman–Crippen MR) is 70.5 cm³/mol. The number of carbonyl (C=O) groups is 1. The maximum atomic E-state index is 12.5. The fourth-order valence-electron chi connectivity index (χ4n) is 2.78. The summed E-state index contributed by atoms with van der Waals surface area (Å²) in [6, 6.07) is 5.83. The van der Waals surface area contributed by atoms with E-state index >= 15 is 0 Å². The van der Waals surface area contributed by atoms with Crippen LogP contribution in [0.25, 0.3) is 0 Å². The Balaban J connectivity index is 1.82. The van der Waals surface area contributed by atoms with Gasteiger partial charge in [-0.2, -0.15) is 0 Å².